The molecule has 0 radical (unpaired) electrons. The molecule has 4 aromatic rings. The number of fused-ring (bicyclic) bond motifs is 1. The van der Waals surface area contributed by atoms with Crippen molar-refractivity contribution < 1.29 is 21.8 Å². The summed E-state index contributed by atoms with van der Waals surface area (Å²) in [5, 5.41) is 3.15. The molecule has 0 unspecified atom stereocenters. The first-order valence-electron chi connectivity index (χ1n) is 10.1. The Morgan fingerprint density at radius 1 is 1.19 bits per heavy atom. The number of H-pyrrole nitrogens is 1. The number of hydrogen-bond donors (Lipinski definition) is 2. The van der Waals surface area contributed by atoms with Crippen LogP contribution in [0.15, 0.2) is 70.2 Å². The Morgan fingerprint density at radius 2 is 2.00 bits per heavy atom. The lowest BCUT2D eigenvalue weighted by Gasteiger charge is -2.11. The van der Waals surface area contributed by atoms with Crippen LogP contribution in [-0.2, 0) is 21.5 Å². The van der Waals surface area contributed by atoms with Gasteiger partial charge in [-0.25, -0.2) is 4.98 Å². The van der Waals surface area contributed by atoms with E-state index in [9.17, 15) is 13.2 Å². The van der Waals surface area contributed by atoms with Gasteiger partial charge in [0.05, 0.1) is 23.8 Å². The summed E-state index contributed by atoms with van der Waals surface area (Å²) in [7, 11) is -4.02. The van der Waals surface area contributed by atoms with Crippen molar-refractivity contribution in [3.05, 3.63) is 66.6 Å². The molecule has 2 heterocycles. The topological polar surface area (TPSA) is 118 Å². The van der Waals surface area contributed by atoms with Gasteiger partial charge in [0, 0.05) is 17.8 Å². The van der Waals surface area contributed by atoms with Gasteiger partial charge in [-0.15, -0.1) is 0 Å². The molecule has 32 heavy (non-hydrogen) atoms. The molecule has 0 aliphatic heterocycles. The number of anilines is 2. The van der Waals surface area contributed by atoms with E-state index in [0.29, 0.717) is 23.5 Å². The minimum absolute atomic E-state index is 0.0345. The highest BCUT2D eigenvalue weighted by molar-refractivity contribution is 7.87. The molecule has 10 heteroatoms. The number of carbonyl (C=O) groups is 1. The van der Waals surface area contributed by atoms with Gasteiger partial charge in [0.25, 0.3) is 0 Å². The predicted molar refractivity (Wildman–Crippen MR) is 118 cm³/mol. The molecule has 1 saturated carbocycles. The van der Waals surface area contributed by atoms with Crippen molar-refractivity contribution >= 4 is 39.2 Å². The third kappa shape index (κ3) is 4.17. The molecule has 0 spiro atoms. The quantitative estimate of drug-likeness (QED) is 0.294. The van der Waals surface area contributed by atoms with Crippen LogP contribution in [0, 0.1) is 0 Å². The summed E-state index contributed by atoms with van der Waals surface area (Å²) in [5.74, 6) is 1.36. The first kappa shape index (κ1) is 20.1. The van der Waals surface area contributed by atoms with Crippen molar-refractivity contribution in [2.75, 3.05) is 10.2 Å². The van der Waals surface area contributed by atoms with E-state index in [1.54, 1.807) is 41.5 Å². The maximum absolute atomic E-state index is 12.7. The van der Waals surface area contributed by atoms with Gasteiger partial charge in [0.2, 0.25) is 12.4 Å². The molecular weight excluding hydrogens is 432 g/mol. The maximum Gasteiger partial charge on any atom is 0.339 e. The lowest BCUT2D eigenvalue weighted by Crippen LogP contribution is -2.24. The fraction of sp³-hybridized carbons (Fsp3) is 0.182. The highest BCUT2D eigenvalue weighted by atomic mass is 32.2. The Labute approximate surface area is 184 Å². The van der Waals surface area contributed by atoms with E-state index in [0.717, 1.165) is 30.7 Å². The highest BCUT2D eigenvalue weighted by Gasteiger charge is 2.31. The van der Waals surface area contributed by atoms with Gasteiger partial charge in [0.15, 0.2) is 0 Å². The van der Waals surface area contributed by atoms with Crippen LogP contribution in [0.3, 0.4) is 0 Å². The third-order valence-corrected chi connectivity index (χ3v) is 6.40. The van der Waals surface area contributed by atoms with E-state index in [1.807, 2.05) is 6.07 Å². The van der Waals surface area contributed by atoms with Gasteiger partial charge >= 0.3 is 10.1 Å². The smallest absolute Gasteiger partial charge is 0.339 e. The minimum Gasteiger partial charge on any atom is -0.467 e. The summed E-state index contributed by atoms with van der Waals surface area (Å²) in [4.78, 5) is 20.4. The molecule has 2 N–H and O–H groups in total. The molecule has 0 bridgehead atoms. The number of amides is 1. The molecule has 164 valence electrons. The summed E-state index contributed by atoms with van der Waals surface area (Å²) >= 11 is 0. The number of hydrogen-bond acceptors (Lipinski definition) is 7. The number of furan rings is 1. The van der Waals surface area contributed by atoms with E-state index in [4.69, 9.17) is 8.60 Å². The van der Waals surface area contributed by atoms with Crippen LogP contribution in [0.2, 0.25) is 0 Å². The fourth-order valence-electron chi connectivity index (χ4n) is 3.33. The molecule has 1 aliphatic rings. The SMILES string of the molecule is O=CN(c1nc2ccc(OS(=O)(=O)c3ccc(NCc4ccco4)cc3)cc2[nH]1)C1CC1. The van der Waals surface area contributed by atoms with Crippen LogP contribution in [0.1, 0.15) is 18.6 Å². The Morgan fingerprint density at radius 3 is 2.69 bits per heavy atom. The zero-order valence-corrected chi connectivity index (χ0v) is 17.7. The number of carbonyl (C=O) groups excluding carboxylic acids is 1. The number of nitrogens with one attached hydrogen (secondary N) is 2. The number of nitrogens with zero attached hydrogens (tertiary/aromatic N) is 2. The van der Waals surface area contributed by atoms with E-state index in [1.165, 1.54) is 18.2 Å². The third-order valence-electron chi connectivity index (χ3n) is 5.14. The first-order valence-corrected chi connectivity index (χ1v) is 11.5. The molecule has 2 aromatic carbocycles. The van der Waals surface area contributed by atoms with Crippen molar-refractivity contribution in [2.24, 2.45) is 0 Å². The first-order chi connectivity index (χ1) is 15.5. The zero-order chi connectivity index (χ0) is 22.1. The summed E-state index contributed by atoms with van der Waals surface area (Å²) in [6, 6.07) is 14.8. The number of aromatic nitrogens is 2. The van der Waals surface area contributed by atoms with Crippen molar-refractivity contribution in [3.63, 3.8) is 0 Å². The van der Waals surface area contributed by atoms with Crippen molar-refractivity contribution in [3.8, 4) is 5.75 Å². The van der Waals surface area contributed by atoms with Crippen LogP contribution in [-0.4, -0.2) is 30.8 Å². The average molecular weight is 452 g/mol. The minimum atomic E-state index is -4.02. The van der Waals surface area contributed by atoms with Gasteiger partial charge in [-0.3, -0.25) is 9.69 Å². The van der Waals surface area contributed by atoms with Gasteiger partial charge < -0.3 is 18.9 Å². The molecule has 5 rings (SSSR count). The van der Waals surface area contributed by atoms with Crippen LogP contribution in [0.25, 0.3) is 11.0 Å². The second-order valence-corrected chi connectivity index (χ2v) is 9.02. The summed E-state index contributed by atoms with van der Waals surface area (Å²) in [5.41, 5.74) is 1.95. The molecule has 9 nitrogen and oxygen atoms in total. The molecule has 0 atom stereocenters. The summed E-state index contributed by atoms with van der Waals surface area (Å²) in [6.45, 7) is 0.490. The van der Waals surface area contributed by atoms with E-state index < -0.39 is 10.1 Å². The Balaban J connectivity index is 1.30. The van der Waals surface area contributed by atoms with E-state index >= 15 is 0 Å². The summed E-state index contributed by atoms with van der Waals surface area (Å²) in [6.07, 6.45) is 4.24. The molecule has 1 amide bonds. The molecule has 2 aromatic heterocycles. The standard InChI is InChI=1S/C22H20N4O5S/c27-14-26(16-5-6-16)22-24-20-10-7-17(12-21(20)25-22)31-32(28,29)19-8-3-15(4-9-19)23-13-18-2-1-11-30-18/h1-4,7-12,14,16,23H,5-6,13H2,(H,24,25). The van der Waals surface area contributed by atoms with Crippen LogP contribution in [0.5, 0.6) is 5.75 Å². The number of rotatable bonds is 9. The predicted octanol–water partition coefficient (Wildman–Crippen LogP) is 3.66. The molecule has 1 fully saturated rings. The Bertz CT molecular complexity index is 1340. The van der Waals surface area contributed by atoms with Crippen LogP contribution >= 0.6 is 0 Å². The zero-order valence-electron chi connectivity index (χ0n) is 16.9. The lowest BCUT2D eigenvalue weighted by atomic mass is 10.3. The maximum atomic E-state index is 12.7. The van der Waals surface area contributed by atoms with Crippen molar-refractivity contribution in [2.45, 2.75) is 30.3 Å². The van der Waals surface area contributed by atoms with E-state index in [2.05, 4.69) is 15.3 Å². The van der Waals surface area contributed by atoms with Gasteiger partial charge in [-0.2, -0.15) is 8.42 Å². The van der Waals surface area contributed by atoms with Crippen LogP contribution in [0.4, 0.5) is 11.6 Å². The second kappa shape index (κ2) is 8.04. The van der Waals surface area contributed by atoms with Crippen molar-refractivity contribution in [1.29, 1.82) is 0 Å². The number of aromatic amines is 1. The number of benzene rings is 2. The number of imidazole rings is 1. The fourth-order valence-corrected chi connectivity index (χ4v) is 4.25. The Hall–Kier alpha value is -3.79. The van der Waals surface area contributed by atoms with Crippen molar-refractivity contribution in [1.82, 2.24) is 9.97 Å². The monoisotopic (exact) mass is 452 g/mol. The van der Waals surface area contributed by atoms with E-state index in [-0.39, 0.29) is 16.7 Å². The second-order valence-electron chi connectivity index (χ2n) is 7.48. The summed E-state index contributed by atoms with van der Waals surface area (Å²) < 4.78 is 36.0. The van der Waals surface area contributed by atoms with Gasteiger partial charge in [-0.05, 0) is 61.4 Å². The molecule has 0 saturated heterocycles. The normalized spacial score (nSPS) is 13.8. The van der Waals surface area contributed by atoms with Gasteiger partial charge in [-0.1, -0.05) is 0 Å². The largest absolute Gasteiger partial charge is 0.467 e. The highest BCUT2D eigenvalue weighted by Crippen LogP contribution is 2.31. The Kier molecular flexibility index (Phi) is 5.06. The van der Waals surface area contributed by atoms with Gasteiger partial charge in [0.1, 0.15) is 16.4 Å². The average Bonchev–Trinajstić information content (AvgIpc) is 3.31. The van der Waals surface area contributed by atoms with Crippen LogP contribution < -0.4 is 14.4 Å². The lowest BCUT2D eigenvalue weighted by molar-refractivity contribution is -0.107. The molecule has 1 aliphatic carbocycles. The molecular formula is C22H20N4O5S.